The number of hydrogen-bond acceptors (Lipinski definition) is 4. The number of fused-ring (bicyclic) bond motifs is 1. The highest BCUT2D eigenvalue weighted by atomic mass is 32.2. The summed E-state index contributed by atoms with van der Waals surface area (Å²) in [5.41, 5.74) is 0.484. The van der Waals surface area contributed by atoms with Crippen LogP contribution in [0.1, 0.15) is 46.5 Å². The van der Waals surface area contributed by atoms with Gasteiger partial charge in [0, 0.05) is 24.1 Å². The molecule has 2 bridgehead atoms. The second-order valence-electron chi connectivity index (χ2n) is 8.59. The predicted octanol–water partition coefficient (Wildman–Crippen LogP) is 2.01. The van der Waals surface area contributed by atoms with Crippen LogP contribution in [-0.4, -0.2) is 55.0 Å². The Kier molecular flexibility index (Phi) is 3.50. The molecule has 0 radical (unpaired) electrons. The van der Waals surface area contributed by atoms with Crippen LogP contribution in [0.25, 0.3) is 0 Å². The number of carbonyl (C=O) groups excluding carboxylic acids is 1. The van der Waals surface area contributed by atoms with Crippen molar-refractivity contribution in [3.63, 3.8) is 0 Å². The van der Waals surface area contributed by atoms with Gasteiger partial charge in [-0.25, -0.2) is 12.7 Å². The fraction of sp³-hybridized carbons (Fsp3) is 0.833. The van der Waals surface area contributed by atoms with Crippen LogP contribution in [0.2, 0.25) is 0 Å². The number of nitrogens with zero attached hydrogens (tertiary/aromatic N) is 2. The summed E-state index contributed by atoms with van der Waals surface area (Å²) in [5.74, 6) is 0.467. The standard InChI is InChI=1S/C18H28N2O3S/c1-4-19-9-6-13(7-10-19)16(21)20-15-11-14-5-8-18(15,17(14,2)3)12-24(20,22)23/h6,14-15H,4-5,7-12H2,1-3H3/t14-,15-,18-/m1/s1. The van der Waals surface area contributed by atoms with Crippen molar-refractivity contribution >= 4 is 15.9 Å². The third kappa shape index (κ3) is 1.96. The molecule has 4 rings (SSSR count). The van der Waals surface area contributed by atoms with E-state index >= 15 is 0 Å². The highest BCUT2D eigenvalue weighted by molar-refractivity contribution is 7.90. The lowest BCUT2D eigenvalue weighted by Crippen LogP contribution is -2.45. The van der Waals surface area contributed by atoms with E-state index < -0.39 is 10.0 Å². The summed E-state index contributed by atoms with van der Waals surface area (Å²) >= 11 is 0. The van der Waals surface area contributed by atoms with Gasteiger partial charge in [0.05, 0.1) is 11.8 Å². The highest BCUT2D eigenvalue weighted by Gasteiger charge is 2.72. The van der Waals surface area contributed by atoms with Gasteiger partial charge in [0.25, 0.3) is 5.91 Å². The fourth-order valence-electron chi connectivity index (χ4n) is 5.89. The van der Waals surface area contributed by atoms with E-state index in [1.54, 1.807) is 0 Å². The van der Waals surface area contributed by atoms with Crippen molar-refractivity contribution in [1.82, 2.24) is 9.21 Å². The van der Waals surface area contributed by atoms with Gasteiger partial charge < -0.3 is 0 Å². The topological polar surface area (TPSA) is 57.7 Å². The molecule has 1 spiro atoms. The van der Waals surface area contributed by atoms with Crippen molar-refractivity contribution in [2.45, 2.75) is 52.5 Å². The molecule has 24 heavy (non-hydrogen) atoms. The van der Waals surface area contributed by atoms with Crippen LogP contribution < -0.4 is 0 Å². The monoisotopic (exact) mass is 352 g/mol. The van der Waals surface area contributed by atoms with Crippen molar-refractivity contribution < 1.29 is 13.2 Å². The zero-order chi connectivity index (χ0) is 17.3. The van der Waals surface area contributed by atoms with Gasteiger partial charge in [-0.3, -0.25) is 9.69 Å². The van der Waals surface area contributed by atoms with E-state index in [1.165, 1.54) is 4.31 Å². The van der Waals surface area contributed by atoms with Crippen molar-refractivity contribution in [2.75, 3.05) is 25.4 Å². The first-order valence-corrected chi connectivity index (χ1v) is 10.8. The van der Waals surface area contributed by atoms with E-state index in [4.69, 9.17) is 0 Å². The van der Waals surface area contributed by atoms with Crippen molar-refractivity contribution in [3.8, 4) is 0 Å². The van der Waals surface area contributed by atoms with Gasteiger partial charge in [-0.05, 0) is 43.6 Å². The highest BCUT2D eigenvalue weighted by Crippen LogP contribution is 2.70. The first kappa shape index (κ1) is 16.6. The van der Waals surface area contributed by atoms with Crippen LogP contribution in [0.15, 0.2) is 11.6 Å². The number of amides is 1. The van der Waals surface area contributed by atoms with Crippen LogP contribution in [0.3, 0.4) is 0 Å². The van der Waals surface area contributed by atoms with Crippen molar-refractivity contribution in [3.05, 3.63) is 11.6 Å². The predicted molar refractivity (Wildman–Crippen MR) is 92.8 cm³/mol. The summed E-state index contributed by atoms with van der Waals surface area (Å²) in [4.78, 5) is 15.4. The molecule has 134 valence electrons. The zero-order valence-corrected chi connectivity index (χ0v) is 15.7. The Labute approximate surface area is 145 Å². The van der Waals surface area contributed by atoms with Crippen LogP contribution in [-0.2, 0) is 14.8 Å². The van der Waals surface area contributed by atoms with E-state index in [2.05, 4.69) is 25.7 Å². The van der Waals surface area contributed by atoms with E-state index in [0.717, 1.165) is 38.9 Å². The average molecular weight is 353 g/mol. The molecule has 0 aromatic rings. The minimum absolute atomic E-state index is 0.0136. The van der Waals surface area contributed by atoms with Gasteiger partial charge in [-0.15, -0.1) is 0 Å². The maximum atomic E-state index is 13.1. The third-order valence-corrected chi connectivity index (χ3v) is 9.53. The van der Waals surface area contributed by atoms with Crippen molar-refractivity contribution in [2.24, 2.45) is 16.7 Å². The molecule has 2 heterocycles. The van der Waals surface area contributed by atoms with Crippen LogP contribution in [0, 0.1) is 16.7 Å². The summed E-state index contributed by atoms with van der Waals surface area (Å²) in [6, 6.07) is -0.117. The summed E-state index contributed by atoms with van der Waals surface area (Å²) in [5, 5.41) is 0. The minimum atomic E-state index is -3.50. The maximum absolute atomic E-state index is 13.1. The molecule has 0 unspecified atom stereocenters. The SMILES string of the molecule is CCN1CC=C(C(=O)N2[C@@H]3C[C@H]4CC[C@]3(CS2(=O)=O)C4(C)C)CC1. The Morgan fingerprint density at radius 1 is 1.38 bits per heavy atom. The normalized spacial score (nSPS) is 39.8. The first-order chi connectivity index (χ1) is 11.2. The van der Waals surface area contributed by atoms with E-state index in [1.807, 2.05) is 6.08 Å². The number of likely N-dealkylation sites (N-methyl/N-ethyl adjacent to an activating group) is 1. The molecule has 1 saturated heterocycles. The van der Waals surface area contributed by atoms with Crippen LogP contribution in [0.5, 0.6) is 0 Å². The Hall–Kier alpha value is -0.880. The van der Waals surface area contributed by atoms with Gasteiger partial charge in [0.2, 0.25) is 10.0 Å². The molecule has 3 atom stereocenters. The quantitative estimate of drug-likeness (QED) is 0.763. The molecule has 6 heteroatoms. The number of rotatable bonds is 2. The maximum Gasteiger partial charge on any atom is 0.263 e. The summed E-state index contributed by atoms with van der Waals surface area (Å²) < 4.78 is 27.1. The van der Waals surface area contributed by atoms with Gasteiger partial charge >= 0.3 is 0 Å². The van der Waals surface area contributed by atoms with E-state index in [9.17, 15) is 13.2 Å². The first-order valence-electron chi connectivity index (χ1n) is 9.21. The molecule has 2 saturated carbocycles. The second-order valence-corrected chi connectivity index (χ2v) is 10.4. The lowest BCUT2D eigenvalue weighted by atomic mass is 9.69. The summed E-state index contributed by atoms with van der Waals surface area (Å²) in [7, 11) is -3.50. The van der Waals surface area contributed by atoms with Crippen LogP contribution >= 0.6 is 0 Å². The molecule has 2 aliphatic carbocycles. The van der Waals surface area contributed by atoms with Gasteiger partial charge in [0.15, 0.2) is 0 Å². The molecular formula is C18H28N2O3S. The largest absolute Gasteiger partial charge is 0.300 e. The zero-order valence-electron chi connectivity index (χ0n) is 14.9. The third-order valence-electron chi connectivity index (χ3n) is 7.63. The van der Waals surface area contributed by atoms with Crippen LogP contribution in [0.4, 0.5) is 0 Å². The molecule has 3 fully saturated rings. The van der Waals surface area contributed by atoms with Crippen molar-refractivity contribution in [1.29, 1.82) is 0 Å². The van der Waals surface area contributed by atoms with Gasteiger partial charge in [-0.1, -0.05) is 26.8 Å². The molecule has 2 aliphatic heterocycles. The molecule has 4 aliphatic rings. The lowest BCUT2D eigenvalue weighted by molar-refractivity contribution is -0.125. The van der Waals surface area contributed by atoms with E-state index in [-0.39, 0.29) is 28.5 Å². The number of sulfonamides is 1. The number of hydrogen-bond donors (Lipinski definition) is 0. The summed E-state index contributed by atoms with van der Waals surface area (Å²) in [6.45, 7) is 9.08. The second kappa shape index (κ2) is 5.07. The Morgan fingerprint density at radius 2 is 2.12 bits per heavy atom. The fourth-order valence-corrected chi connectivity index (χ4v) is 8.43. The van der Waals surface area contributed by atoms with E-state index in [0.29, 0.717) is 17.9 Å². The number of carbonyl (C=O) groups is 1. The summed E-state index contributed by atoms with van der Waals surface area (Å²) in [6.07, 6.45) is 5.50. The molecule has 0 N–H and O–H groups in total. The molecule has 0 aromatic heterocycles. The minimum Gasteiger partial charge on any atom is -0.300 e. The van der Waals surface area contributed by atoms with Gasteiger partial charge in [-0.2, -0.15) is 0 Å². The Morgan fingerprint density at radius 3 is 2.71 bits per heavy atom. The molecule has 5 nitrogen and oxygen atoms in total. The molecule has 1 amide bonds. The molecular weight excluding hydrogens is 324 g/mol. The smallest absolute Gasteiger partial charge is 0.263 e. The Bertz CT molecular complexity index is 712. The average Bonchev–Trinajstić information content (AvgIpc) is 3.01. The van der Waals surface area contributed by atoms with Gasteiger partial charge in [0.1, 0.15) is 0 Å². The molecule has 0 aromatic carbocycles. The lowest BCUT2D eigenvalue weighted by Gasteiger charge is -2.37. The Balaban J connectivity index is 1.67.